The van der Waals surface area contributed by atoms with Crippen molar-refractivity contribution in [2.45, 2.75) is 5.88 Å². The van der Waals surface area contributed by atoms with Gasteiger partial charge in [0.1, 0.15) is 11.6 Å². The Morgan fingerprint density at radius 1 is 1.44 bits per heavy atom. The highest BCUT2D eigenvalue weighted by Gasteiger charge is 2.16. The van der Waals surface area contributed by atoms with Gasteiger partial charge in [0.2, 0.25) is 0 Å². The Morgan fingerprint density at radius 2 is 2.19 bits per heavy atom. The van der Waals surface area contributed by atoms with Gasteiger partial charge >= 0.3 is 0 Å². The average molecular weight is 305 g/mol. The van der Waals surface area contributed by atoms with E-state index in [0.29, 0.717) is 21.7 Å². The van der Waals surface area contributed by atoms with E-state index in [2.05, 4.69) is 26.1 Å². The summed E-state index contributed by atoms with van der Waals surface area (Å²) in [5.41, 5.74) is 0.397. The van der Waals surface area contributed by atoms with E-state index in [4.69, 9.17) is 11.6 Å². The molecule has 84 valence electrons. The van der Waals surface area contributed by atoms with Gasteiger partial charge in [-0.3, -0.25) is 0 Å². The van der Waals surface area contributed by atoms with Gasteiger partial charge in [0.15, 0.2) is 5.82 Å². The molecule has 3 nitrogen and oxygen atoms in total. The number of hydrogen-bond acceptors (Lipinski definition) is 2. The monoisotopic (exact) mass is 303 g/mol. The maximum absolute atomic E-state index is 13.7. The first-order valence-corrected chi connectivity index (χ1v) is 5.86. The van der Waals surface area contributed by atoms with E-state index in [1.807, 2.05) is 0 Å². The molecule has 0 saturated carbocycles. The standard InChI is InChI=1S/C10H8BrClFN3/c1-16-8(5-12)14-15-10(16)9-6(11)3-2-4-7(9)13/h2-4H,5H2,1H3. The van der Waals surface area contributed by atoms with E-state index in [1.54, 1.807) is 23.7 Å². The van der Waals surface area contributed by atoms with Gasteiger partial charge in [-0.15, -0.1) is 21.8 Å². The number of alkyl halides is 1. The van der Waals surface area contributed by atoms with Crippen LogP contribution in [0.25, 0.3) is 11.4 Å². The van der Waals surface area contributed by atoms with Crippen LogP contribution in [0, 0.1) is 5.82 Å². The number of aromatic nitrogens is 3. The van der Waals surface area contributed by atoms with Crippen LogP contribution < -0.4 is 0 Å². The lowest BCUT2D eigenvalue weighted by molar-refractivity contribution is 0.627. The number of hydrogen-bond donors (Lipinski definition) is 0. The molecule has 1 aromatic carbocycles. The molecular formula is C10H8BrClFN3. The van der Waals surface area contributed by atoms with E-state index in [-0.39, 0.29) is 11.7 Å². The minimum atomic E-state index is -0.342. The summed E-state index contributed by atoms with van der Waals surface area (Å²) >= 11 is 8.98. The number of halogens is 3. The van der Waals surface area contributed by atoms with Crippen LogP contribution in [0.3, 0.4) is 0 Å². The molecule has 0 spiro atoms. The van der Waals surface area contributed by atoms with Gasteiger partial charge in [-0.25, -0.2) is 4.39 Å². The van der Waals surface area contributed by atoms with Crippen LogP contribution >= 0.6 is 27.5 Å². The van der Waals surface area contributed by atoms with Gasteiger partial charge in [0, 0.05) is 11.5 Å². The summed E-state index contributed by atoms with van der Waals surface area (Å²) in [6.45, 7) is 0. The number of benzene rings is 1. The fourth-order valence-corrected chi connectivity index (χ4v) is 2.16. The molecule has 0 saturated heterocycles. The van der Waals surface area contributed by atoms with Crippen LogP contribution in [-0.4, -0.2) is 14.8 Å². The average Bonchev–Trinajstić information content (AvgIpc) is 2.60. The molecule has 2 aromatic rings. The number of nitrogens with zero attached hydrogens (tertiary/aromatic N) is 3. The van der Waals surface area contributed by atoms with Gasteiger partial charge in [0.25, 0.3) is 0 Å². The minimum Gasteiger partial charge on any atom is -0.313 e. The van der Waals surface area contributed by atoms with Crippen LogP contribution in [0.5, 0.6) is 0 Å². The summed E-state index contributed by atoms with van der Waals surface area (Å²) in [4.78, 5) is 0. The third-order valence-electron chi connectivity index (χ3n) is 2.27. The maximum atomic E-state index is 13.7. The van der Waals surface area contributed by atoms with Crippen molar-refractivity contribution in [1.29, 1.82) is 0 Å². The summed E-state index contributed by atoms with van der Waals surface area (Å²) in [5, 5.41) is 7.82. The molecule has 0 unspecified atom stereocenters. The van der Waals surface area contributed by atoms with Crippen molar-refractivity contribution in [3.63, 3.8) is 0 Å². The van der Waals surface area contributed by atoms with E-state index < -0.39 is 0 Å². The fraction of sp³-hybridized carbons (Fsp3) is 0.200. The Labute approximate surface area is 105 Å². The van der Waals surface area contributed by atoms with E-state index >= 15 is 0 Å². The van der Waals surface area contributed by atoms with Gasteiger partial charge in [-0.1, -0.05) is 6.07 Å². The molecule has 0 aliphatic heterocycles. The molecular weight excluding hydrogens is 296 g/mol. The van der Waals surface area contributed by atoms with Gasteiger partial charge in [-0.2, -0.15) is 0 Å². The summed E-state index contributed by atoms with van der Waals surface area (Å²) in [6.07, 6.45) is 0. The molecule has 0 bridgehead atoms. The lowest BCUT2D eigenvalue weighted by Crippen LogP contribution is -1.99. The molecule has 0 fully saturated rings. The molecule has 2 rings (SSSR count). The zero-order chi connectivity index (χ0) is 11.7. The third kappa shape index (κ3) is 1.85. The zero-order valence-corrected chi connectivity index (χ0v) is 10.8. The molecule has 0 aliphatic rings. The highest BCUT2D eigenvalue weighted by molar-refractivity contribution is 9.10. The van der Waals surface area contributed by atoms with Crippen LogP contribution in [0.1, 0.15) is 5.82 Å². The molecule has 0 atom stereocenters. The second-order valence-electron chi connectivity index (χ2n) is 3.23. The van der Waals surface area contributed by atoms with Crippen molar-refractivity contribution in [3.8, 4) is 11.4 Å². The minimum absolute atomic E-state index is 0.246. The molecule has 0 radical (unpaired) electrons. The normalized spacial score (nSPS) is 10.8. The molecule has 16 heavy (non-hydrogen) atoms. The first-order chi connectivity index (χ1) is 7.65. The van der Waals surface area contributed by atoms with Crippen LogP contribution in [0.4, 0.5) is 4.39 Å². The van der Waals surface area contributed by atoms with Crippen molar-refractivity contribution in [1.82, 2.24) is 14.8 Å². The highest BCUT2D eigenvalue weighted by Crippen LogP contribution is 2.29. The van der Waals surface area contributed by atoms with Gasteiger partial charge in [-0.05, 0) is 28.1 Å². The van der Waals surface area contributed by atoms with Crippen molar-refractivity contribution in [2.24, 2.45) is 7.05 Å². The van der Waals surface area contributed by atoms with E-state index in [1.165, 1.54) is 6.07 Å². The first-order valence-electron chi connectivity index (χ1n) is 4.53. The first kappa shape index (κ1) is 11.5. The Kier molecular flexibility index (Phi) is 3.25. The van der Waals surface area contributed by atoms with Gasteiger partial charge in [0.05, 0.1) is 11.4 Å². The van der Waals surface area contributed by atoms with E-state index in [9.17, 15) is 4.39 Å². The molecule has 6 heteroatoms. The summed E-state index contributed by atoms with van der Waals surface area (Å²) in [7, 11) is 1.76. The Balaban J connectivity index is 2.63. The lowest BCUT2D eigenvalue weighted by Gasteiger charge is -2.05. The van der Waals surface area contributed by atoms with Crippen LogP contribution in [0.2, 0.25) is 0 Å². The second-order valence-corrected chi connectivity index (χ2v) is 4.35. The topological polar surface area (TPSA) is 30.7 Å². The molecule has 0 amide bonds. The fourth-order valence-electron chi connectivity index (χ4n) is 1.41. The largest absolute Gasteiger partial charge is 0.313 e. The summed E-state index contributed by atoms with van der Waals surface area (Å²) in [5.74, 6) is 0.966. The smallest absolute Gasteiger partial charge is 0.167 e. The van der Waals surface area contributed by atoms with Crippen molar-refractivity contribution < 1.29 is 4.39 Å². The predicted molar refractivity (Wildman–Crippen MR) is 63.7 cm³/mol. The lowest BCUT2D eigenvalue weighted by atomic mass is 10.2. The van der Waals surface area contributed by atoms with Crippen molar-refractivity contribution >= 4 is 27.5 Å². The molecule has 0 aliphatic carbocycles. The van der Waals surface area contributed by atoms with Crippen LogP contribution in [0.15, 0.2) is 22.7 Å². The summed E-state index contributed by atoms with van der Waals surface area (Å²) in [6, 6.07) is 4.77. The predicted octanol–water partition coefficient (Wildman–Crippen LogP) is 3.12. The van der Waals surface area contributed by atoms with Crippen LogP contribution in [-0.2, 0) is 12.9 Å². The molecule has 1 aromatic heterocycles. The highest BCUT2D eigenvalue weighted by atomic mass is 79.9. The van der Waals surface area contributed by atoms with Gasteiger partial charge < -0.3 is 4.57 Å². The van der Waals surface area contributed by atoms with E-state index in [0.717, 1.165) is 0 Å². The Hall–Kier alpha value is -0.940. The third-order valence-corrected chi connectivity index (χ3v) is 3.17. The second kappa shape index (κ2) is 4.51. The zero-order valence-electron chi connectivity index (χ0n) is 8.41. The molecule has 0 N–H and O–H groups in total. The Bertz CT molecular complexity index is 507. The molecule has 1 heterocycles. The SMILES string of the molecule is Cn1c(CCl)nnc1-c1c(F)cccc1Br. The van der Waals surface area contributed by atoms with Crippen molar-refractivity contribution in [3.05, 3.63) is 34.3 Å². The van der Waals surface area contributed by atoms with Crippen molar-refractivity contribution in [2.75, 3.05) is 0 Å². The number of rotatable bonds is 2. The summed E-state index contributed by atoms with van der Waals surface area (Å²) < 4.78 is 16.0. The Morgan fingerprint density at radius 3 is 2.75 bits per heavy atom. The quantitative estimate of drug-likeness (QED) is 0.798. The maximum Gasteiger partial charge on any atom is 0.167 e.